The molecule has 0 radical (unpaired) electrons. The fourth-order valence-electron chi connectivity index (χ4n) is 2.05. The number of phenolic OH excluding ortho intramolecular Hbond substituents is 3. The Bertz CT molecular complexity index is 644. The Balaban J connectivity index is 2.01. The molecule has 0 aromatic heterocycles. The van der Waals surface area contributed by atoms with Crippen molar-refractivity contribution in [1.29, 1.82) is 0 Å². The Morgan fingerprint density at radius 1 is 1.10 bits per heavy atom. The summed E-state index contributed by atoms with van der Waals surface area (Å²) in [6.07, 6.45) is 0.288. The van der Waals surface area contributed by atoms with Gasteiger partial charge in [0.1, 0.15) is 17.2 Å². The lowest BCUT2D eigenvalue weighted by Crippen LogP contribution is -2.13. The van der Waals surface area contributed by atoms with Crippen molar-refractivity contribution in [2.75, 3.05) is 5.32 Å². The molecule has 0 atom stereocenters. The molecule has 2 aromatic carbocycles. The van der Waals surface area contributed by atoms with Crippen LogP contribution in [0.3, 0.4) is 0 Å². The van der Waals surface area contributed by atoms with Gasteiger partial charge in [0.15, 0.2) is 0 Å². The van der Waals surface area contributed by atoms with Gasteiger partial charge in [0.05, 0.1) is 0 Å². The molecule has 0 aliphatic rings. The first-order valence-corrected chi connectivity index (χ1v) is 6.56. The zero-order chi connectivity index (χ0) is 15.4. The molecule has 0 saturated heterocycles. The quantitative estimate of drug-likeness (QED) is 0.696. The molecule has 0 aliphatic heterocycles. The smallest absolute Gasteiger partial charge is 0.224 e. The Morgan fingerprint density at radius 2 is 1.71 bits per heavy atom. The zero-order valence-electron chi connectivity index (χ0n) is 11.6. The fourth-order valence-corrected chi connectivity index (χ4v) is 2.05. The predicted octanol–water partition coefficient (Wildman–Crippen LogP) is 2.68. The van der Waals surface area contributed by atoms with E-state index in [4.69, 9.17) is 0 Å². The zero-order valence-corrected chi connectivity index (χ0v) is 11.6. The van der Waals surface area contributed by atoms with Crippen molar-refractivity contribution in [3.05, 3.63) is 47.5 Å². The molecule has 0 aliphatic carbocycles. The Morgan fingerprint density at radius 3 is 2.33 bits per heavy atom. The van der Waals surface area contributed by atoms with E-state index in [-0.39, 0.29) is 41.6 Å². The third-order valence-electron chi connectivity index (χ3n) is 3.21. The van der Waals surface area contributed by atoms with E-state index >= 15 is 0 Å². The summed E-state index contributed by atoms with van der Waals surface area (Å²) in [5, 5.41) is 31.3. The fraction of sp³-hybridized carbons (Fsp3) is 0.188. The van der Waals surface area contributed by atoms with Gasteiger partial charge in [-0.1, -0.05) is 18.2 Å². The number of aromatic hydroxyl groups is 3. The molecule has 1 amide bonds. The van der Waals surface area contributed by atoms with Crippen LogP contribution < -0.4 is 5.32 Å². The molecule has 0 unspecified atom stereocenters. The van der Waals surface area contributed by atoms with E-state index in [0.29, 0.717) is 0 Å². The first-order chi connectivity index (χ1) is 9.97. The number of aryl methyl sites for hydroxylation is 1. The second-order valence-corrected chi connectivity index (χ2v) is 4.83. The van der Waals surface area contributed by atoms with Crippen LogP contribution in [0.4, 0.5) is 5.69 Å². The van der Waals surface area contributed by atoms with Crippen LogP contribution in [0.2, 0.25) is 0 Å². The van der Waals surface area contributed by atoms with Crippen LogP contribution >= 0.6 is 0 Å². The lowest BCUT2D eigenvalue weighted by molar-refractivity contribution is -0.116. The highest BCUT2D eigenvalue weighted by Gasteiger charge is 2.12. The largest absolute Gasteiger partial charge is 0.508 e. The minimum atomic E-state index is -0.226. The van der Waals surface area contributed by atoms with Crippen LogP contribution in [-0.2, 0) is 11.2 Å². The summed E-state index contributed by atoms with van der Waals surface area (Å²) in [5.41, 5.74) is 1.94. The molecule has 0 heterocycles. The maximum absolute atomic E-state index is 11.9. The number of nitrogens with one attached hydrogen (secondary N) is 1. The Labute approximate surface area is 122 Å². The lowest BCUT2D eigenvalue weighted by atomic mass is 10.1. The van der Waals surface area contributed by atoms with Gasteiger partial charge in [-0.05, 0) is 25.0 Å². The molecule has 5 nitrogen and oxygen atoms in total. The van der Waals surface area contributed by atoms with Crippen molar-refractivity contribution in [3.63, 3.8) is 0 Å². The van der Waals surface area contributed by atoms with Crippen LogP contribution in [0, 0.1) is 6.92 Å². The van der Waals surface area contributed by atoms with Crippen molar-refractivity contribution in [2.45, 2.75) is 19.8 Å². The minimum absolute atomic E-state index is 0.111. The molecule has 5 heteroatoms. The Kier molecular flexibility index (Phi) is 4.33. The van der Waals surface area contributed by atoms with E-state index in [9.17, 15) is 20.1 Å². The van der Waals surface area contributed by atoms with Gasteiger partial charge in [-0.25, -0.2) is 0 Å². The van der Waals surface area contributed by atoms with Gasteiger partial charge in [0, 0.05) is 29.8 Å². The minimum Gasteiger partial charge on any atom is -0.508 e. The number of hydrogen-bond acceptors (Lipinski definition) is 4. The second kappa shape index (κ2) is 6.17. The van der Waals surface area contributed by atoms with Crippen LogP contribution in [0.1, 0.15) is 17.5 Å². The van der Waals surface area contributed by atoms with Gasteiger partial charge in [-0.3, -0.25) is 4.79 Å². The number of anilines is 1. The molecule has 4 N–H and O–H groups in total. The summed E-state index contributed by atoms with van der Waals surface area (Å²) in [6.45, 7) is 1.90. The lowest BCUT2D eigenvalue weighted by Gasteiger charge is -2.10. The molecule has 0 saturated carbocycles. The summed E-state index contributed by atoms with van der Waals surface area (Å²) >= 11 is 0. The van der Waals surface area contributed by atoms with Crippen molar-refractivity contribution in [1.82, 2.24) is 0 Å². The van der Waals surface area contributed by atoms with Crippen molar-refractivity contribution >= 4 is 11.6 Å². The first-order valence-electron chi connectivity index (χ1n) is 6.56. The molecule has 21 heavy (non-hydrogen) atoms. The van der Waals surface area contributed by atoms with E-state index in [1.807, 2.05) is 31.2 Å². The molecule has 0 bridgehead atoms. The molecular weight excluding hydrogens is 270 g/mol. The highest BCUT2D eigenvalue weighted by atomic mass is 16.3. The topological polar surface area (TPSA) is 89.8 Å². The summed E-state index contributed by atoms with van der Waals surface area (Å²) in [6, 6.07) is 9.69. The third kappa shape index (κ3) is 3.66. The van der Waals surface area contributed by atoms with E-state index in [1.165, 1.54) is 0 Å². The van der Waals surface area contributed by atoms with Gasteiger partial charge in [0.2, 0.25) is 5.91 Å². The normalized spacial score (nSPS) is 10.3. The molecule has 2 aromatic rings. The van der Waals surface area contributed by atoms with Gasteiger partial charge in [-0.15, -0.1) is 0 Å². The van der Waals surface area contributed by atoms with Crippen LogP contribution in [0.15, 0.2) is 36.4 Å². The van der Waals surface area contributed by atoms with Crippen molar-refractivity contribution in [3.8, 4) is 17.2 Å². The van der Waals surface area contributed by atoms with E-state index in [0.717, 1.165) is 23.4 Å². The number of phenols is 3. The molecular formula is C16H17NO4. The van der Waals surface area contributed by atoms with E-state index in [2.05, 4.69) is 5.32 Å². The average Bonchev–Trinajstić information content (AvgIpc) is 2.40. The number of carbonyl (C=O) groups excluding carboxylic acids is 1. The van der Waals surface area contributed by atoms with Crippen molar-refractivity contribution < 1.29 is 20.1 Å². The maximum Gasteiger partial charge on any atom is 0.224 e. The summed E-state index contributed by atoms with van der Waals surface area (Å²) < 4.78 is 0. The third-order valence-corrected chi connectivity index (χ3v) is 3.21. The molecule has 2 rings (SSSR count). The van der Waals surface area contributed by atoms with Gasteiger partial charge in [0.25, 0.3) is 0 Å². The summed E-state index contributed by atoms with van der Waals surface area (Å²) in [5.74, 6) is -0.887. The SMILES string of the molecule is Cc1ccccc1NC(=O)CCc1c(O)cc(O)cc1O. The highest BCUT2D eigenvalue weighted by molar-refractivity contribution is 5.91. The number of rotatable bonds is 4. The number of amides is 1. The summed E-state index contributed by atoms with van der Waals surface area (Å²) in [4.78, 5) is 11.9. The number of benzene rings is 2. The Hall–Kier alpha value is -2.69. The van der Waals surface area contributed by atoms with Crippen LogP contribution in [-0.4, -0.2) is 21.2 Å². The monoisotopic (exact) mass is 287 g/mol. The van der Waals surface area contributed by atoms with Gasteiger partial charge < -0.3 is 20.6 Å². The van der Waals surface area contributed by atoms with E-state index < -0.39 is 0 Å². The van der Waals surface area contributed by atoms with Gasteiger partial charge in [-0.2, -0.15) is 0 Å². The van der Waals surface area contributed by atoms with Crippen molar-refractivity contribution in [2.24, 2.45) is 0 Å². The second-order valence-electron chi connectivity index (χ2n) is 4.83. The highest BCUT2D eigenvalue weighted by Crippen LogP contribution is 2.32. The first kappa shape index (κ1) is 14.7. The standard InChI is InChI=1S/C16H17NO4/c1-10-4-2-3-5-13(10)17-16(21)7-6-12-14(19)8-11(18)9-15(12)20/h2-5,8-9,18-20H,6-7H2,1H3,(H,17,21). The van der Waals surface area contributed by atoms with Gasteiger partial charge >= 0.3 is 0 Å². The average molecular weight is 287 g/mol. The van der Waals surface area contributed by atoms with Crippen LogP contribution in [0.5, 0.6) is 17.2 Å². The maximum atomic E-state index is 11.9. The molecule has 0 spiro atoms. The number of carbonyl (C=O) groups is 1. The number of hydrogen-bond donors (Lipinski definition) is 4. The van der Waals surface area contributed by atoms with Crippen LogP contribution in [0.25, 0.3) is 0 Å². The number of para-hydroxylation sites is 1. The summed E-state index contributed by atoms with van der Waals surface area (Å²) in [7, 11) is 0. The predicted molar refractivity (Wildman–Crippen MR) is 79.6 cm³/mol. The molecule has 110 valence electrons. The van der Waals surface area contributed by atoms with E-state index in [1.54, 1.807) is 0 Å². The molecule has 0 fully saturated rings.